The lowest BCUT2D eigenvalue weighted by Gasteiger charge is -2.17. The van der Waals surface area contributed by atoms with Crippen molar-refractivity contribution in [2.45, 2.75) is 18.8 Å². The largest absolute Gasteiger partial charge is 0.486 e. The Morgan fingerprint density at radius 2 is 1.85 bits per heavy atom. The molecule has 0 radical (unpaired) electrons. The first-order chi connectivity index (χ1) is 9.81. The SMILES string of the molecule is O[C@@H]1CN(Cc2ccncc2)C[C@H]1Oc1ccccc1. The van der Waals surface area contributed by atoms with Crippen molar-refractivity contribution < 1.29 is 9.84 Å². The third-order valence-corrected chi connectivity index (χ3v) is 3.50. The average molecular weight is 270 g/mol. The molecule has 0 spiro atoms. The van der Waals surface area contributed by atoms with E-state index in [1.165, 1.54) is 5.56 Å². The number of aliphatic hydroxyl groups is 1. The van der Waals surface area contributed by atoms with Gasteiger partial charge in [0.15, 0.2) is 0 Å². The van der Waals surface area contributed by atoms with Crippen LogP contribution in [0.25, 0.3) is 0 Å². The molecule has 2 atom stereocenters. The van der Waals surface area contributed by atoms with E-state index in [1.54, 1.807) is 12.4 Å². The van der Waals surface area contributed by atoms with Gasteiger partial charge in [-0.15, -0.1) is 0 Å². The molecule has 0 saturated carbocycles. The highest BCUT2D eigenvalue weighted by Gasteiger charge is 2.32. The van der Waals surface area contributed by atoms with Crippen LogP contribution in [0.3, 0.4) is 0 Å². The lowest BCUT2D eigenvalue weighted by atomic mass is 10.2. The molecule has 1 aromatic carbocycles. The van der Waals surface area contributed by atoms with E-state index in [0.717, 1.165) is 18.8 Å². The quantitative estimate of drug-likeness (QED) is 0.918. The smallest absolute Gasteiger partial charge is 0.138 e. The van der Waals surface area contributed by atoms with E-state index in [2.05, 4.69) is 9.88 Å². The van der Waals surface area contributed by atoms with Crippen molar-refractivity contribution >= 4 is 0 Å². The molecule has 20 heavy (non-hydrogen) atoms. The molecular formula is C16H18N2O2. The summed E-state index contributed by atoms with van der Waals surface area (Å²) in [4.78, 5) is 6.22. The fourth-order valence-corrected chi connectivity index (χ4v) is 2.50. The summed E-state index contributed by atoms with van der Waals surface area (Å²) < 4.78 is 5.85. The lowest BCUT2D eigenvalue weighted by molar-refractivity contribution is 0.0737. The number of para-hydroxylation sites is 1. The molecule has 2 aromatic rings. The maximum Gasteiger partial charge on any atom is 0.138 e. The maximum absolute atomic E-state index is 10.1. The Morgan fingerprint density at radius 1 is 1.10 bits per heavy atom. The van der Waals surface area contributed by atoms with Crippen LogP contribution in [0.5, 0.6) is 5.75 Å². The summed E-state index contributed by atoms with van der Waals surface area (Å²) in [5.41, 5.74) is 1.20. The number of ether oxygens (including phenoxy) is 1. The molecule has 1 aliphatic rings. The number of aromatic nitrogens is 1. The van der Waals surface area contributed by atoms with Crippen LogP contribution < -0.4 is 4.74 Å². The van der Waals surface area contributed by atoms with Gasteiger partial charge in [-0.1, -0.05) is 18.2 Å². The zero-order valence-corrected chi connectivity index (χ0v) is 11.2. The molecule has 1 fully saturated rings. The Bertz CT molecular complexity index is 533. The molecule has 104 valence electrons. The average Bonchev–Trinajstić information content (AvgIpc) is 2.81. The van der Waals surface area contributed by atoms with E-state index in [1.807, 2.05) is 42.5 Å². The van der Waals surface area contributed by atoms with Gasteiger partial charge in [-0.05, 0) is 29.8 Å². The van der Waals surface area contributed by atoms with Crippen molar-refractivity contribution in [1.82, 2.24) is 9.88 Å². The molecule has 1 N–H and O–H groups in total. The molecule has 4 heteroatoms. The molecule has 1 aliphatic heterocycles. The first-order valence-corrected chi connectivity index (χ1v) is 6.82. The van der Waals surface area contributed by atoms with Crippen LogP contribution in [-0.2, 0) is 6.54 Å². The standard InChI is InChI=1S/C16H18N2O2/c19-15-11-18(10-13-6-8-17-9-7-13)12-16(15)20-14-4-2-1-3-5-14/h1-9,15-16,19H,10-12H2/t15-,16-/m1/s1. The number of likely N-dealkylation sites (tertiary alicyclic amines) is 1. The second-order valence-electron chi connectivity index (χ2n) is 5.09. The first kappa shape index (κ1) is 13.1. The molecule has 3 rings (SSSR count). The third kappa shape index (κ3) is 3.15. The van der Waals surface area contributed by atoms with E-state index in [0.29, 0.717) is 6.54 Å². The molecule has 1 saturated heterocycles. The van der Waals surface area contributed by atoms with Gasteiger partial charge in [0.25, 0.3) is 0 Å². The highest BCUT2D eigenvalue weighted by atomic mass is 16.5. The van der Waals surface area contributed by atoms with Gasteiger partial charge >= 0.3 is 0 Å². The van der Waals surface area contributed by atoms with Crippen molar-refractivity contribution in [3.63, 3.8) is 0 Å². The van der Waals surface area contributed by atoms with E-state index < -0.39 is 6.10 Å². The van der Waals surface area contributed by atoms with Crippen LogP contribution in [0.4, 0.5) is 0 Å². The summed E-state index contributed by atoms with van der Waals surface area (Å²) in [6, 6.07) is 13.6. The second-order valence-corrected chi connectivity index (χ2v) is 5.09. The van der Waals surface area contributed by atoms with E-state index in [-0.39, 0.29) is 6.10 Å². The third-order valence-electron chi connectivity index (χ3n) is 3.50. The Balaban J connectivity index is 1.59. The predicted octanol–water partition coefficient (Wildman–Crippen LogP) is 1.71. The molecular weight excluding hydrogens is 252 g/mol. The van der Waals surface area contributed by atoms with Gasteiger partial charge in [0.05, 0.1) is 0 Å². The molecule has 2 heterocycles. The Morgan fingerprint density at radius 3 is 2.60 bits per heavy atom. The highest BCUT2D eigenvalue weighted by Crippen LogP contribution is 2.19. The van der Waals surface area contributed by atoms with E-state index >= 15 is 0 Å². The molecule has 4 nitrogen and oxygen atoms in total. The summed E-state index contributed by atoms with van der Waals surface area (Å²) in [5, 5.41) is 10.1. The van der Waals surface area contributed by atoms with Gasteiger partial charge in [0.1, 0.15) is 18.0 Å². The predicted molar refractivity (Wildman–Crippen MR) is 76.4 cm³/mol. The van der Waals surface area contributed by atoms with Crippen molar-refractivity contribution in [1.29, 1.82) is 0 Å². The second kappa shape index (κ2) is 6.03. The summed E-state index contributed by atoms with van der Waals surface area (Å²) in [6.07, 6.45) is 2.97. The van der Waals surface area contributed by atoms with Crippen molar-refractivity contribution in [3.8, 4) is 5.75 Å². The minimum atomic E-state index is -0.447. The van der Waals surface area contributed by atoms with Crippen LogP contribution >= 0.6 is 0 Å². The minimum Gasteiger partial charge on any atom is -0.486 e. The van der Waals surface area contributed by atoms with Gasteiger partial charge in [-0.2, -0.15) is 0 Å². The zero-order chi connectivity index (χ0) is 13.8. The van der Waals surface area contributed by atoms with Crippen LogP contribution in [0.1, 0.15) is 5.56 Å². The first-order valence-electron chi connectivity index (χ1n) is 6.82. The topological polar surface area (TPSA) is 45.6 Å². The molecule has 0 amide bonds. The number of aliphatic hydroxyl groups excluding tert-OH is 1. The van der Waals surface area contributed by atoms with Gasteiger partial charge in [-0.3, -0.25) is 9.88 Å². The Hall–Kier alpha value is -1.91. The maximum atomic E-state index is 10.1. The molecule has 0 unspecified atom stereocenters. The van der Waals surface area contributed by atoms with Gasteiger partial charge < -0.3 is 9.84 Å². The number of rotatable bonds is 4. The van der Waals surface area contributed by atoms with Crippen molar-refractivity contribution in [2.75, 3.05) is 13.1 Å². The van der Waals surface area contributed by atoms with Crippen LogP contribution in [0, 0.1) is 0 Å². The zero-order valence-electron chi connectivity index (χ0n) is 11.2. The number of nitrogens with zero attached hydrogens (tertiary/aromatic N) is 2. The number of hydrogen-bond acceptors (Lipinski definition) is 4. The van der Waals surface area contributed by atoms with Crippen molar-refractivity contribution in [3.05, 3.63) is 60.4 Å². The highest BCUT2D eigenvalue weighted by molar-refractivity contribution is 5.21. The van der Waals surface area contributed by atoms with Crippen LogP contribution in [0.2, 0.25) is 0 Å². The Kier molecular flexibility index (Phi) is 3.95. The van der Waals surface area contributed by atoms with Crippen LogP contribution in [-0.4, -0.2) is 40.3 Å². The number of hydrogen-bond donors (Lipinski definition) is 1. The minimum absolute atomic E-state index is 0.167. The summed E-state index contributed by atoms with van der Waals surface area (Å²) in [5.74, 6) is 0.808. The summed E-state index contributed by atoms with van der Waals surface area (Å²) in [6.45, 7) is 2.19. The fourth-order valence-electron chi connectivity index (χ4n) is 2.50. The Labute approximate surface area is 118 Å². The molecule has 1 aromatic heterocycles. The van der Waals surface area contributed by atoms with E-state index in [9.17, 15) is 5.11 Å². The fraction of sp³-hybridized carbons (Fsp3) is 0.312. The van der Waals surface area contributed by atoms with Gasteiger partial charge in [0, 0.05) is 32.0 Å². The number of β-amino-alcohol motifs (C(OH)–C–C–N with tert-alkyl or cyclic N) is 1. The molecule has 0 aliphatic carbocycles. The number of pyridine rings is 1. The van der Waals surface area contributed by atoms with Gasteiger partial charge in [-0.25, -0.2) is 0 Å². The van der Waals surface area contributed by atoms with Crippen molar-refractivity contribution in [2.24, 2.45) is 0 Å². The monoisotopic (exact) mass is 270 g/mol. The number of benzene rings is 1. The lowest BCUT2D eigenvalue weighted by Crippen LogP contribution is -2.29. The summed E-state index contributed by atoms with van der Waals surface area (Å²) in [7, 11) is 0. The summed E-state index contributed by atoms with van der Waals surface area (Å²) >= 11 is 0. The van der Waals surface area contributed by atoms with Crippen LogP contribution in [0.15, 0.2) is 54.9 Å². The van der Waals surface area contributed by atoms with E-state index in [4.69, 9.17) is 4.74 Å². The normalized spacial score (nSPS) is 22.9. The molecule has 0 bridgehead atoms. The van der Waals surface area contributed by atoms with Gasteiger partial charge in [0.2, 0.25) is 0 Å².